The van der Waals surface area contributed by atoms with Gasteiger partial charge in [-0.1, -0.05) is 164 Å². The molecule has 11 rings (SSSR count). The number of rotatable bonds is 9. The SMILES string of the molecule is C=Cc1c(-c2ccc(N(c3ccc(-c4cc5ccccc5c5ccccc45)cc3)c3ccc4c5ccccc5n(-c5ccccc5)c4c3)cc2)cc2ccccc2c1C/C=C\C. The summed E-state index contributed by atoms with van der Waals surface area (Å²) in [6, 6.07) is 75.4. The van der Waals surface area contributed by atoms with Gasteiger partial charge < -0.3 is 9.47 Å². The van der Waals surface area contributed by atoms with Crippen molar-refractivity contribution in [3.63, 3.8) is 0 Å². The molecule has 0 radical (unpaired) electrons. The number of para-hydroxylation sites is 2. The number of hydrogen-bond donors (Lipinski definition) is 0. The van der Waals surface area contributed by atoms with Gasteiger partial charge in [0.15, 0.2) is 0 Å². The van der Waals surface area contributed by atoms with Crippen LogP contribution in [0.3, 0.4) is 0 Å². The second kappa shape index (κ2) is 15.6. The summed E-state index contributed by atoms with van der Waals surface area (Å²) in [5.74, 6) is 0. The number of anilines is 3. The van der Waals surface area contributed by atoms with E-state index in [-0.39, 0.29) is 0 Å². The summed E-state index contributed by atoms with van der Waals surface area (Å²) in [5.41, 5.74) is 14.0. The molecule has 0 fully saturated rings. The van der Waals surface area contributed by atoms with Gasteiger partial charge in [0.1, 0.15) is 0 Å². The average molecular weight is 793 g/mol. The van der Waals surface area contributed by atoms with Crippen LogP contribution >= 0.6 is 0 Å². The molecule has 0 aliphatic carbocycles. The zero-order valence-electron chi connectivity index (χ0n) is 34.7. The molecule has 11 aromatic rings. The topological polar surface area (TPSA) is 8.17 Å². The molecule has 0 saturated heterocycles. The molecule has 0 aliphatic heterocycles. The molecule has 0 unspecified atom stereocenters. The molecule has 2 heteroatoms. The Kier molecular flexibility index (Phi) is 9.32. The van der Waals surface area contributed by atoms with Crippen LogP contribution in [0.2, 0.25) is 0 Å². The van der Waals surface area contributed by atoms with Crippen molar-refractivity contribution in [2.75, 3.05) is 4.90 Å². The van der Waals surface area contributed by atoms with Crippen LogP contribution in [0.15, 0.2) is 225 Å². The molecule has 0 aliphatic rings. The smallest absolute Gasteiger partial charge is 0.0561 e. The van der Waals surface area contributed by atoms with E-state index in [9.17, 15) is 0 Å². The van der Waals surface area contributed by atoms with Gasteiger partial charge in [0, 0.05) is 33.5 Å². The number of benzene rings is 10. The number of allylic oxidation sites excluding steroid dienone is 2. The molecule has 0 amide bonds. The monoisotopic (exact) mass is 792 g/mol. The van der Waals surface area contributed by atoms with Gasteiger partial charge in [0.25, 0.3) is 0 Å². The highest BCUT2D eigenvalue weighted by Crippen LogP contribution is 2.43. The number of aromatic nitrogens is 1. The fourth-order valence-electron chi connectivity index (χ4n) is 9.64. The highest BCUT2D eigenvalue weighted by atomic mass is 15.1. The van der Waals surface area contributed by atoms with Crippen LogP contribution in [0.1, 0.15) is 18.1 Å². The Morgan fingerprint density at radius 3 is 1.68 bits per heavy atom. The largest absolute Gasteiger partial charge is 0.310 e. The van der Waals surface area contributed by atoms with E-state index in [1.54, 1.807) is 0 Å². The number of hydrogen-bond acceptors (Lipinski definition) is 1. The second-order valence-corrected chi connectivity index (χ2v) is 16.0. The summed E-state index contributed by atoms with van der Waals surface area (Å²) in [6.07, 6.45) is 7.25. The first kappa shape index (κ1) is 37.1. The Morgan fingerprint density at radius 2 is 0.984 bits per heavy atom. The van der Waals surface area contributed by atoms with Crippen LogP contribution in [0, 0.1) is 0 Å². The molecule has 294 valence electrons. The summed E-state index contributed by atoms with van der Waals surface area (Å²) < 4.78 is 2.39. The van der Waals surface area contributed by atoms with Crippen molar-refractivity contribution < 1.29 is 0 Å². The Labute approximate surface area is 362 Å². The molecule has 62 heavy (non-hydrogen) atoms. The standard InChI is InChI=1S/C60H44N2/c1-3-5-21-52-49(4-2)57(38-43-17-9-11-22-50(43)52)41-28-32-46(33-29-41)61(48-36-37-56-55-26-15-16-27-59(55)62(60(56)40-48)45-19-7-6-8-20-45)47-34-30-42(31-35-47)58-39-44-18-10-12-23-51(44)53-24-13-14-25-54(53)58/h3-20,22-40H,2,21H2,1H3/b5-3-. The lowest BCUT2D eigenvalue weighted by molar-refractivity contribution is 1.18. The number of nitrogens with zero attached hydrogens (tertiary/aromatic N) is 2. The van der Waals surface area contributed by atoms with E-state index in [0.29, 0.717) is 0 Å². The van der Waals surface area contributed by atoms with E-state index in [1.807, 2.05) is 6.08 Å². The van der Waals surface area contributed by atoms with Crippen molar-refractivity contribution in [1.82, 2.24) is 4.57 Å². The Bertz CT molecular complexity index is 3500. The molecule has 0 saturated carbocycles. The van der Waals surface area contributed by atoms with Crippen molar-refractivity contribution in [2.45, 2.75) is 13.3 Å². The van der Waals surface area contributed by atoms with E-state index < -0.39 is 0 Å². The van der Waals surface area contributed by atoms with E-state index in [0.717, 1.165) is 40.3 Å². The maximum atomic E-state index is 4.31. The summed E-state index contributed by atoms with van der Waals surface area (Å²) in [6.45, 7) is 6.40. The van der Waals surface area contributed by atoms with Crippen LogP contribution in [-0.2, 0) is 6.42 Å². The number of fused-ring (bicyclic) bond motifs is 7. The van der Waals surface area contributed by atoms with Gasteiger partial charge in [-0.3, -0.25) is 0 Å². The van der Waals surface area contributed by atoms with Crippen molar-refractivity contribution in [3.05, 3.63) is 236 Å². The van der Waals surface area contributed by atoms with E-state index in [2.05, 4.69) is 241 Å². The minimum Gasteiger partial charge on any atom is -0.310 e. The lowest BCUT2D eigenvalue weighted by Gasteiger charge is -2.26. The normalized spacial score (nSPS) is 11.7. The van der Waals surface area contributed by atoms with Crippen molar-refractivity contribution >= 4 is 77.3 Å². The van der Waals surface area contributed by atoms with Crippen LogP contribution < -0.4 is 4.90 Å². The molecule has 0 N–H and O–H groups in total. The van der Waals surface area contributed by atoms with Gasteiger partial charge in [0.2, 0.25) is 0 Å². The Hall–Kier alpha value is -7.94. The summed E-state index contributed by atoms with van der Waals surface area (Å²) >= 11 is 0. The molecule has 1 heterocycles. The predicted octanol–water partition coefficient (Wildman–Crippen LogP) is 16.8. The van der Waals surface area contributed by atoms with Gasteiger partial charge in [-0.25, -0.2) is 0 Å². The van der Waals surface area contributed by atoms with Gasteiger partial charge in [-0.15, -0.1) is 0 Å². The quantitative estimate of drug-likeness (QED) is 0.104. The third-order valence-electron chi connectivity index (χ3n) is 12.5. The molecule has 10 aromatic carbocycles. The van der Waals surface area contributed by atoms with Gasteiger partial charge in [-0.05, 0) is 146 Å². The summed E-state index contributed by atoms with van der Waals surface area (Å²) in [5, 5.41) is 10.0. The third-order valence-corrected chi connectivity index (χ3v) is 12.5. The first-order valence-corrected chi connectivity index (χ1v) is 21.5. The molecule has 2 nitrogen and oxygen atoms in total. The fourth-order valence-corrected chi connectivity index (χ4v) is 9.64. The molecule has 0 spiro atoms. The fraction of sp³-hybridized carbons (Fsp3) is 0.0333. The molecule has 0 atom stereocenters. The van der Waals surface area contributed by atoms with Crippen molar-refractivity contribution in [3.8, 4) is 27.9 Å². The van der Waals surface area contributed by atoms with E-state index >= 15 is 0 Å². The molecule has 1 aromatic heterocycles. The highest BCUT2D eigenvalue weighted by molar-refractivity contribution is 6.14. The lowest BCUT2D eigenvalue weighted by atomic mass is 9.89. The van der Waals surface area contributed by atoms with Gasteiger partial charge in [0.05, 0.1) is 11.0 Å². The van der Waals surface area contributed by atoms with E-state index in [1.165, 1.54) is 76.4 Å². The van der Waals surface area contributed by atoms with Crippen LogP contribution in [0.25, 0.3) is 88.1 Å². The Morgan fingerprint density at radius 1 is 0.452 bits per heavy atom. The molecular formula is C60H44N2. The van der Waals surface area contributed by atoms with E-state index in [4.69, 9.17) is 0 Å². The third kappa shape index (κ3) is 6.28. The summed E-state index contributed by atoms with van der Waals surface area (Å²) in [7, 11) is 0. The zero-order chi connectivity index (χ0) is 41.6. The van der Waals surface area contributed by atoms with Crippen molar-refractivity contribution in [2.24, 2.45) is 0 Å². The van der Waals surface area contributed by atoms with Gasteiger partial charge in [-0.2, -0.15) is 0 Å². The molecule has 0 bridgehead atoms. The average Bonchev–Trinajstić information content (AvgIpc) is 3.67. The van der Waals surface area contributed by atoms with Crippen LogP contribution in [-0.4, -0.2) is 4.57 Å². The lowest BCUT2D eigenvalue weighted by Crippen LogP contribution is -2.10. The van der Waals surface area contributed by atoms with Crippen LogP contribution in [0.5, 0.6) is 0 Å². The molecular weight excluding hydrogens is 749 g/mol. The Balaban J connectivity index is 1.08. The predicted molar refractivity (Wildman–Crippen MR) is 267 cm³/mol. The highest BCUT2D eigenvalue weighted by Gasteiger charge is 2.19. The summed E-state index contributed by atoms with van der Waals surface area (Å²) in [4.78, 5) is 2.39. The van der Waals surface area contributed by atoms with Gasteiger partial charge >= 0.3 is 0 Å². The minimum absolute atomic E-state index is 0.852. The maximum Gasteiger partial charge on any atom is 0.0561 e. The van der Waals surface area contributed by atoms with Crippen LogP contribution in [0.4, 0.5) is 17.1 Å². The first-order chi connectivity index (χ1) is 30.7. The zero-order valence-corrected chi connectivity index (χ0v) is 34.7. The second-order valence-electron chi connectivity index (χ2n) is 16.0. The minimum atomic E-state index is 0.852. The first-order valence-electron chi connectivity index (χ1n) is 21.5. The van der Waals surface area contributed by atoms with Crippen molar-refractivity contribution in [1.29, 1.82) is 0 Å². The maximum absolute atomic E-state index is 4.31.